The number of carbonyl (C=O) groups is 3. The maximum Gasteiger partial charge on any atom is 0.323 e. The Hall–Kier alpha value is -2.74. The maximum absolute atomic E-state index is 13.1. The Morgan fingerprint density at radius 2 is 2.09 bits per heavy atom. The van der Waals surface area contributed by atoms with E-state index in [0.717, 1.165) is 0 Å². The molecule has 0 saturated carbocycles. The number of aliphatic carboxylic acids is 1. The molecule has 3 rings (SSSR count). The molecule has 1 aromatic carbocycles. The lowest BCUT2D eigenvalue weighted by Gasteiger charge is -2.07. The summed E-state index contributed by atoms with van der Waals surface area (Å²) in [4.78, 5) is 39.4. The monoisotopic (exact) mass is 332 g/mol. The Balaban J connectivity index is 1.92. The number of nitrogens with zero attached hydrogens (tertiary/aromatic N) is 2. The van der Waals surface area contributed by atoms with Crippen LogP contribution < -0.4 is 0 Å². The average molecular weight is 332 g/mol. The number of imide groups is 1. The van der Waals surface area contributed by atoms with Crippen molar-refractivity contribution >= 4 is 45.9 Å². The third-order valence-electron chi connectivity index (χ3n) is 3.12. The standard InChI is InChI=1S/C15H9FN2O4S/c16-9-2-4-11-8(5-9)1-3-10(17-11)6-12-14(21)18(7-13(19)20)15(22)23-12/h1-6H,7H2,(H,19,20)/b12-6+. The molecule has 0 radical (unpaired) electrons. The fourth-order valence-electron chi connectivity index (χ4n) is 2.10. The van der Waals surface area contributed by atoms with Gasteiger partial charge >= 0.3 is 5.97 Å². The van der Waals surface area contributed by atoms with Crippen molar-refractivity contribution in [2.75, 3.05) is 6.54 Å². The summed E-state index contributed by atoms with van der Waals surface area (Å²) in [6.45, 7) is -0.674. The van der Waals surface area contributed by atoms with Crippen LogP contribution in [0.5, 0.6) is 0 Å². The quantitative estimate of drug-likeness (QED) is 0.869. The molecule has 6 nitrogen and oxygen atoms in total. The molecular formula is C15H9FN2O4S. The number of carbonyl (C=O) groups excluding carboxylic acids is 2. The van der Waals surface area contributed by atoms with E-state index in [0.29, 0.717) is 33.3 Å². The molecule has 2 aromatic rings. The van der Waals surface area contributed by atoms with Crippen molar-refractivity contribution in [2.24, 2.45) is 0 Å². The van der Waals surface area contributed by atoms with Gasteiger partial charge in [-0.15, -0.1) is 0 Å². The average Bonchev–Trinajstić information content (AvgIpc) is 2.75. The minimum atomic E-state index is -1.26. The number of hydrogen-bond donors (Lipinski definition) is 1. The van der Waals surface area contributed by atoms with Crippen molar-refractivity contribution < 1.29 is 23.9 Å². The van der Waals surface area contributed by atoms with Crippen LogP contribution in [0.4, 0.5) is 9.18 Å². The Labute approximate surface area is 133 Å². The number of halogens is 1. The lowest BCUT2D eigenvalue weighted by atomic mass is 10.2. The first-order valence-corrected chi connectivity index (χ1v) is 7.29. The minimum absolute atomic E-state index is 0.102. The maximum atomic E-state index is 13.1. The van der Waals surface area contributed by atoms with Gasteiger partial charge in [-0.1, -0.05) is 6.07 Å². The van der Waals surface area contributed by atoms with Crippen LogP contribution in [-0.4, -0.2) is 38.7 Å². The van der Waals surface area contributed by atoms with Gasteiger partial charge in [0.15, 0.2) is 0 Å². The number of benzene rings is 1. The minimum Gasteiger partial charge on any atom is -0.480 e. The van der Waals surface area contributed by atoms with Crippen molar-refractivity contribution in [3.63, 3.8) is 0 Å². The summed E-state index contributed by atoms with van der Waals surface area (Å²) < 4.78 is 13.1. The Morgan fingerprint density at radius 1 is 1.30 bits per heavy atom. The van der Waals surface area contributed by atoms with Crippen LogP contribution >= 0.6 is 11.8 Å². The van der Waals surface area contributed by atoms with Gasteiger partial charge < -0.3 is 5.11 Å². The number of amides is 2. The van der Waals surface area contributed by atoms with E-state index in [9.17, 15) is 18.8 Å². The van der Waals surface area contributed by atoms with Crippen LogP contribution in [0.15, 0.2) is 35.2 Å². The summed E-state index contributed by atoms with van der Waals surface area (Å²) in [7, 11) is 0. The SMILES string of the molecule is O=C(O)CN1C(=O)S/C(=C/c2ccc3cc(F)ccc3n2)C1=O. The number of fused-ring (bicyclic) bond motifs is 1. The van der Waals surface area contributed by atoms with Gasteiger partial charge in [-0.25, -0.2) is 9.37 Å². The highest BCUT2D eigenvalue weighted by molar-refractivity contribution is 8.18. The zero-order valence-corrected chi connectivity index (χ0v) is 12.3. The highest BCUT2D eigenvalue weighted by Crippen LogP contribution is 2.31. The van der Waals surface area contributed by atoms with Crippen LogP contribution in [-0.2, 0) is 9.59 Å². The molecule has 0 atom stereocenters. The normalized spacial score (nSPS) is 16.6. The highest BCUT2D eigenvalue weighted by atomic mass is 32.2. The Morgan fingerprint density at radius 3 is 2.83 bits per heavy atom. The van der Waals surface area contributed by atoms with E-state index in [1.165, 1.54) is 24.3 Å². The van der Waals surface area contributed by atoms with Gasteiger partial charge in [0.1, 0.15) is 12.4 Å². The van der Waals surface area contributed by atoms with Crippen LogP contribution in [0.3, 0.4) is 0 Å². The largest absolute Gasteiger partial charge is 0.480 e. The molecule has 0 spiro atoms. The van der Waals surface area contributed by atoms with Crippen molar-refractivity contribution in [2.45, 2.75) is 0 Å². The van der Waals surface area contributed by atoms with E-state index >= 15 is 0 Å². The Bertz CT molecular complexity index is 881. The van der Waals surface area contributed by atoms with Crippen molar-refractivity contribution in [3.8, 4) is 0 Å². The fourth-order valence-corrected chi connectivity index (χ4v) is 2.92. The molecule has 1 N–H and O–H groups in total. The first-order chi connectivity index (χ1) is 10.9. The van der Waals surface area contributed by atoms with E-state index in [-0.39, 0.29) is 10.7 Å². The second-order valence-corrected chi connectivity index (χ2v) is 5.73. The van der Waals surface area contributed by atoms with Crippen LogP contribution in [0.2, 0.25) is 0 Å². The number of carboxylic acids is 1. The summed E-state index contributed by atoms with van der Waals surface area (Å²) in [5.41, 5.74) is 0.967. The predicted molar refractivity (Wildman–Crippen MR) is 82.0 cm³/mol. The number of hydrogen-bond acceptors (Lipinski definition) is 5. The van der Waals surface area contributed by atoms with Gasteiger partial charge in [0, 0.05) is 5.39 Å². The van der Waals surface area contributed by atoms with E-state index in [1.54, 1.807) is 12.1 Å². The second kappa shape index (κ2) is 5.81. The lowest BCUT2D eigenvalue weighted by Crippen LogP contribution is -2.33. The zero-order chi connectivity index (χ0) is 16.6. The van der Waals surface area contributed by atoms with Gasteiger partial charge in [-0.2, -0.15) is 0 Å². The number of pyridine rings is 1. The number of carboxylic acid groups (broad SMARTS) is 1. The lowest BCUT2D eigenvalue weighted by molar-refractivity contribution is -0.140. The van der Waals surface area contributed by atoms with Crippen LogP contribution in [0.25, 0.3) is 17.0 Å². The van der Waals surface area contributed by atoms with Gasteiger partial charge in [-0.05, 0) is 42.1 Å². The summed E-state index contributed by atoms with van der Waals surface area (Å²) in [5.74, 6) is -2.30. The van der Waals surface area contributed by atoms with Crippen molar-refractivity contribution in [3.05, 3.63) is 46.7 Å². The molecular weight excluding hydrogens is 323 g/mol. The molecule has 23 heavy (non-hydrogen) atoms. The molecule has 0 aliphatic carbocycles. The number of thioether (sulfide) groups is 1. The molecule has 1 aromatic heterocycles. The predicted octanol–water partition coefficient (Wildman–Crippen LogP) is 2.49. The first kappa shape index (κ1) is 15.2. The molecule has 2 amide bonds. The molecule has 2 heterocycles. The molecule has 116 valence electrons. The first-order valence-electron chi connectivity index (χ1n) is 6.47. The third kappa shape index (κ3) is 3.07. The van der Waals surface area contributed by atoms with E-state index in [1.807, 2.05) is 0 Å². The number of rotatable bonds is 3. The van der Waals surface area contributed by atoms with E-state index in [2.05, 4.69) is 4.98 Å². The topological polar surface area (TPSA) is 87.6 Å². The third-order valence-corrected chi connectivity index (χ3v) is 4.03. The van der Waals surface area contributed by atoms with Crippen LogP contribution in [0, 0.1) is 5.82 Å². The van der Waals surface area contributed by atoms with Gasteiger partial charge in [0.05, 0.1) is 16.1 Å². The van der Waals surface area contributed by atoms with E-state index in [4.69, 9.17) is 5.11 Å². The van der Waals surface area contributed by atoms with Gasteiger partial charge in [-0.3, -0.25) is 19.3 Å². The molecule has 0 bridgehead atoms. The fraction of sp³-hybridized carbons (Fsp3) is 0.0667. The van der Waals surface area contributed by atoms with Crippen molar-refractivity contribution in [1.82, 2.24) is 9.88 Å². The van der Waals surface area contributed by atoms with E-state index < -0.39 is 23.7 Å². The van der Waals surface area contributed by atoms with Gasteiger partial charge in [0.25, 0.3) is 11.1 Å². The molecule has 1 saturated heterocycles. The molecule has 1 fully saturated rings. The summed E-state index contributed by atoms with van der Waals surface area (Å²) in [5, 5.41) is 8.69. The number of aromatic nitrogens is 1. The van der Waals surface area contributed by atoms with Gasteiger partial charge in [0.2, 0.25) is 0 Å². The molecule has 1 aliphatic rings. The smallest absolute Gasteiger partial charge is 0.323 e. The highest BCUT2D eigenvalue weighted by Gasteiger charge is 2.36. The summed E-state index contributed by atoms with van der Waals surface area (Å²) in [6.07, 6.45) is 1.41. The summed E-state index contributed by atoms with van der Waals surface area (Å²) in [6, 6.07) is 7.37. The molecule has 1 aliphatic heterocycles. The Kier molecular flexibility index (Phi) is 3.83. The molecule has 8 heteroatoms. The second-order valence-electron chi connectivity index (χ2n) is 4.73. The molecule has 0 unspecified atom stereocenters. The van der Waals surface area contributed by atoms with Crippen LogP contribution in [0.1, 0.15) is 5.69 Å². The van der Waals surface area contributed by atoms with Crippen molar-refractivity contribution in [1.29, 1.82) is 0 Å². The summed E-state index contributed by atoms with van der Waals surface area (Å²) >= 11 is 0.662. The zero-order valence-electron chi connectivity index (χ0n) is 11.5.